The molecule has 6 heteroatoms. The van der Waals surface area contributed by atoms with E-state index in [-0.39, 0.29) is 11.4 Å². The van der Waals surface area contributed by atoms with Crippen LogP contribution in [0.15, 0.2) is 0 Å². The van der Waals surface area contributed by atoms with E-state index in [0.29, 0.717) is 26.1 Å². The molecule has 2 N–H and O–H groups in total. The Balaban J connectivity index is 1.87. The van der Waals surface area contributed by atoms with Gasteiger partial charge in [-0.05, 0) is 26.2 Å². The van der Waals surface area contributed by atoms with Crippen molar-refractivity contribution in [3.8, 4) is 0 Å². The summed E-state index contributed by atoms with van der Waals surface area (Å²) in [6.07, 6.45) is 0.126. The third-order valence-electron chi connectivity index (χ3n) is 3.23. The van der Waals surface area contributed by atoms with Crippen LogP contribution in [0.3, 0.4) is 0 Å². The third kappa shape index (κ3) is 2.76. The molecule has 3 atom stereocenters. The minimum absolute atomic E-state index is 0.234. The Bertz CT molecular complexity index is 324. The summed E-state index contributed by atoms with van der Waals surface area (Å²) >= 11 is 0. The largest absolute Gasteiger partial charge is 0.479 e. The van der Waals surface area contributed by atoms with Gasteiger partial charge < -0.3 is 19.9 Å². The Morgan fingerprint density at radius 1 is 1.35 bits per heavy atom. The second-order valence-electron chi connectivity index (χ2n) is 4.88. The molecule has 0 aromatic heterocycles. The summed E-state index contributed by atoms with van der Waals surface area (Å²) in [5.74, 6) is -1.24. The van der Waals surface area contributed by atoms with Crippen molar-refractivity contribution < 1.29 is 24.2 Å². The summed E-state index contributed by atoms with van der Waals surface area (Å²) in [4.78, 5) is 22.6. The van der Waals surface area contributed by atoms with Crippen LogP contribution in [0.2, 0.25) is 0 Å². The molecular weight excluding hydrogens is 226 g/mol. The minimum atomic E-state index is -1.00. The second-order valence-corrected chi connectivity index (χ2v) is 4.88. The van der Waals surface area contributed by atoms with Crippen molar-refractivity contribution in [3.05, 3.63) is 0 Å². The Hall–Kier alpha value is -1.14. The summed E-state index contributed by atoms with van der Waals surface area (Å²) < 4.78 is 10.4. The first kappa shape index (κ1) is 12.3. The van der Waals surface area contributed by atoms with Crippen LogP contribution in [0.5, 0.6) is 0 Å². The van der Waals surface area contributed by atoms with E-state index in [9.17, 15) is 9.59 Å². The number of aliphatic carboxylic acids is 1. The van der Waals surface area contributed by atoms with Crippen molar-refractivity contribution >= 4 is 11.9 Å². The van der Waals surface area contributed by atoms with Crippen molar-refractivity contribution in [1.82, 2.24) is 5.32 Å². The predicted octanol–water partition coefficient (Wildman–Crippen LogP) is -0.0862. The number of hydrogen-bond acceptors (Lipinski definition) is 4. The Morgan fingerprint density at radius 2 is 2.06 bits per heavy atom. The van der Waals surface area contributed by atoms with Crippen molar-refractivity contribution in [1.29, 1.82) is 0 Å². The van der Waals surface area contributed by atoms with Gasteiger partial charge in [-0.2, -0.15) is 0 Å². The first-order chi connectivity index (χ1) is 8.00. The standard InChI is InChI=1S/C11H17NO5/c1-11(4-5-16-6-11)12-9(13)7-2-3-8(17-7)10(14)15/h7-8H,2-6H2,1H3,(H,12,13)(H,14,15)/t7-,8+,11?/m0/s1. The van der Waals surface area contributed by atoms with E-state index < -0.39 is 18.2 Å². The van der Waals surface area contributed by atoms with Gasteiger partial charge in [0.15, 0.2) is 6.10 Å². The summed E-state index contributed by atoms with van der Waals surface area (Å²) in [7, 11) is 0. The van der Waals surface area contributed by atoms with Crippen LogP contribution in [-0.4, -0.2) is 47.9 Å². The lowest BCUT2D eigenvalue weighted by molar-refractivity contribution is -0.152. The fourth-order valence-electron chi connectivity index (χ4n) is 2.16. The molecule has 2 aliphatic heterocycles. The second kappa shape index (κ2) is 4.62. The number of amides is 1. The maximum atomic E-state index is 11.9. The predicted molar refractivity (Wildman–Crippen MR) is 57.5 cm³/mol. The van der Waals surface area contributed by atoms with Gasteiger partial charge in [-0.3, -0.25) is 4.79 Å². The number of hydrogen-bond donors (Lipinski definition) is 2. The summed E-state index contributed by atoms with van der Waals surface area (Å²) in [6, 6.07) is 0. The number of carbonyl (C=O) groups is 2. The van der Waals surface area contributed by atoms with E-state index in [1.807, 2.05) is 6.92 Å². The highest BCUT2D eigenvalue weighted by atomic mass is 16.5. The van der Waals surface area contributed by atoms with E-state index in [0.717, 1.165) is 6.42 Å². The maximum Gasteiger partial charge on any atom is 0.332 e. The number of rotatable bonds is 3. The lowest BCUT2D eigenvalue weighted by atomic mass is 10.0. The highest BCUT2D eigenvalue weighted by Gasteiger charge is 2.38. The van der Waals surface area contributed by atoms with Gasteiger partial charge in [0.05, 0.1) is 12.1 Å². The van der Waals surface area contributed by atoms with Crippen molar-refractivity contribution in [2.24, 2.45) is 0 Å². The molecule has 2 fully saturated rings. The van der Waals surface area contributed by atoms with Crippen LogP contribution in [0.25, 0.3) is 0 Å². The molecule has 0 saturated carbocycles. The van der Waals surface area contributed by atoms with E-state index >= 15 is 0 Å². The average Bonchev–Trinajstić information content (AvgIpc) is 2.86. The maximum absolute atomic E-state index is 11.9. The molecule has 1 unspecified atom stereocenters. The van der Waals surface area contributed by atoms with Crippen LogP contribution >= 0.6 is 0 Å². The number of carboxylic acids is 1. The van der Waals surface area contributed by atoms with Gasteiger partial charge in [-0.25, -0.2) is 4.79 Å². The van der Waals surface area contributed by atoms with Gasteiger partial charge in [0.2, 0.25) is 5.91 Å². The molecule has 2 rings (SSSR count). The third-order valence-corrected chi connectivity index (χ3v) is 3.23. The van der Waals surface area contributed by atoms with Crippen molar-refractivity contribution in [3.63, 3.8) is 0 Å². The SMILES string of the molecule is CC1(NC(=O)[C@@H]2CC[C@H](C(=O)O)O2)CCOC1. The van der Waals surface area contributed by atoms with E-state index in [2.05, 4.69) is 5.32 Å². The number of ether oxygens (including phenoxy) is 2. The topological polar surface area (TPSA) is 84.9 Å². The van der Waals surface area contributed by atoms with Crippen LogP contribution in [-0.2, 0) is 19.1 Å². The molecule has 0 spiro atoms. The van der Waals surface area contributed by atoms with E-state index in [4.69, 9.17) is 14.6 Å². The van der Waals surface area contributed by atoms with Crippen LogP contribution in [0.4, 0.5) is 0 Å². The van der Waals surface area contributed by atoms with E-state index in [1.54, 1.807) is 0 Å². The molecule has 2 saturated heterocycles. The zero-order valence-corrected chi connectivity index (χ0v) is 9.77. The number of carbonyl (C=O) groups excluding carboxylic acids is 1. The zero-order chi connectivity index (χ0) is 12.5. The summed E-state index contributed by atoms with van der Waals surface area (Å²) in [5, 5.41) is 11.6. The van der Waals surface area contributed by atoms with Crippen LogP contribution in [0, 0.1) is 0 Å². The van der Waals surface area contributed by atoms with Gasteiger partial charge in [-0.15, -0.1) is 0 Å². The molecule has 0 aromatic carbocycles. The molecule has 17 heavy (non-hydrogen) atoms. The van der Waals surface area contributed by atoms with E-state index in [1.165, 1.54) is 0 Å². The fourth-order valence-corrected chi connectivity index (χ4v) is 2.16. The molecule has 1 amide bonds. The number of nitrogens with one attached hydrogen (secondary N) is 1. The molecule has 2 heterocycles. The van der Waals surface area contributed by atoms with Gasteiger partial charge in [0.1, 0.15) is 6.10 Å². The number of carboxylic acid groups (broad SMARTS) is 1. The fraction of sp³-hybridized carbons (Fsp3) is 0.818. The molecule has 96 valence electrons. The quantitative estimate of drug-likeness (QED) is 0.724. The minimum Gasteiger partial charge on any atom is -0.479 e. The Morgan fingerprint density at radius 3 is 2.59 bits per heavy atom. The molecule has 0 aromatic rings. The molecule has 2 aliphatic rings. The molecule has 0 aliphatic carbocycles. The van der Waals surface area contributed by atoms with Gasteiger partial charge in [0.25, 0.3) is 0 Å². The van der Waals surface area contributed by atoms with Crippen LogP contribution in [0.1, 0.15) is 26.2 Å². The van der Waals surface area contributed by atoms with Crippen LogP contribution < -0.4 is 5.32 Å². The average molecular weight is 243 g/mol. The molecule has 6 nitrogen and oxygen atoms in total. The van der Waals surface area contributed by atoms with Gasteiger partial charge in [0, 0.05) is 6.61 Å². The smallest absolute Gasteiger partial charge is 0.332 e. The Labute approximate surface area is 99.3 Å². The van der Waals surface area contributed by atoms with Gasteiger partial charge in [-0.1, -0.05) is 0 Å². The Kier molecular flexibility index (Phi) is 3.35. The van der Waals surface area contributed by atoms with Crippen molar-refractivity contribution in [2.75, 3.05) is 13.2 Å². The highest BCUT2D eigenvalue weighted by Crippen LogP contribution is 2.23. The monoisotopic (exact) mass is 243 g/mol. The molecule has 0 bridgehead atoms. The zero-order valence-electron chi connectivity index (χ0n) is 9.77. The van der Waals surface area contributed by atoms with Crippen molar-refractivity contribution in [2.45, 2.75) is 43.9 Å². The highest BCUT2D eigenvalue weighted by molar-refractivity contribution is 5.83. The lowest BCUT2D eigenvalue weighted by Crippen LogP contribution is -2.50. The normalized spacial score (nSPS) is 37.0. The molecular formula is C11H17NO5. The first-order valence-corrected chi connectivity index (χ1v) is 5.78. The molecule has 0 radical (unpaired) electrons. The summed E-state index contributed by atoms with van der Waals surface area (Å²) in [6.45, 7) is 3.05. The lowest BCUT2D eigenvalue weighted by Gasteiger charge is -2.25. The van der Waals surface area contributed by atoms with Gasteiger partial charge >= 0.3 is 5.97 Å². The summed E-state index contributed by atoms with van der Waals surface area (Å²) in [5.41, 5.74) is -0.345. The first-order valence-electron chi connectivity index (χ1n) is 5.78.